The Labute approximate surface area is 94.6 Å². The SMILES string of the molecule is CCOC(=O)c1cc(C(C)=O)c(C)nc1C. The van der Waals surface area contributed by atoms with E-state index in [0.29, 0.717) is 29.1 Å². The van der Waals surface area contributed by atoms with Gasteiger partial charge in [0.05, 0.1) is 17.9 Å². The zero-order chi connectivity index (χ0) is 12.3. The number of aryl methyl sites for hydroxylation is 2. The highest BCUT2D eigenvalue weighted by Crippen LogP contribution is 2.14. The number of carbonyl (C=O) groups is 2. The van der Waals surface area contributed by atoms with Gasteiger partial charge in [-0.25, -0.2) is 4.79 Å². The van der Waals surface area contributed by atoms with E-state index >= 15 is 0 Å². The van der Waals surface area contributed by atoms with Gasteiger partial charge >= 0.3 is 5.97 Å². The Morgan fingerprint density at radius 3 is 2.31 bits per heavy atom. The summed E-state index contributed by atoms with van der Waals surface area (Å²) in [5, 5.41) is 0. The van der Waals surface area contributed by atoms with Crippen LogP contribution in [0.5, 0.6) is 0 Å². The fourth-order valence-corrected chi connectivity index (χ4v) is 1.50. The molecular formula is C12H15NO3. The highest BCUT2D eigenvalue weighted by Gasteiger charge is 2.15. The first-order valence-electron chi connectivity index (χ1n) is 5.13. The van der Waals surface area contributed by atoms with Gasteiger partial charge in [0.15, 0.2) is 5.78 Å². The van der Waals surface area contributed by atoms with Gasteiger partial charge in [0.1, 0.15) is 0 Å². The minimum absolute atomic E-state index is 0.101. The minimum atomic E-state index is -0.435. The fraction of sp³-hybridized carbons (Fsp3) is 0.417. The number of nitrogens with zero attached hydrogens (tertiary/aromatic N) is 1. The number of carbonyl (C=O) groups excluding carboxylic acids is 2. The molecule has 1 heterocycles. The minimum Gasteiger partial charge on any atom is -0.462 e. The predicted molar refractivity (Wildman–Crippen MR) is 59.7 cm³/mol. The summed E-state index contributed by atoms with van der Waals surface area (Å²) >= 11 is 0. The van der Waals surface area contributed by atoms with Crippen molar-refractivity contribution in [1.29, 1.82) is 0 Å². The normalized spacial score (nSPS) is 10.0. The van der Waals surface area contributed by atoms with Gasteiger partial charge in [0.2, 0.25) is 0 Å². The molecule has 0 aliphatic carbocycles. The molecule has 0 atom stereocenters. The number of Topliss-reactive ketones (excluding diaryl/α,β-unsaturated/α-hetero) is 1. The average molecular weight is 221 g/mol. The van der Waals surface area contributed by atoms with Crippen LogP contribution in [-0.2, 0) is 4.74 Å². The molecule has 0 N–H and O–H groups in total. The van der Waals surface area contributed by atoms with Gasteiger partial charge in [0.25, 0.3) is 0 Å². The summed E-state index contributed by atoms with van der Waals surface area (Å²) in [6, 6.07) is 1.55. The first kappa shape index (κ1) is 12.4. The molecule has 0 bridgehead atoms. The number of pyridine rings is 1. The zero-order valence-electron chi connectivity index (χ0n) is 9.96. The largest absolute Gasteiger partial charge is 0.462 e. The highest BCUT2D eigenvalue weighted by molar-refractivity contribution is 5.98. The third kappa shape index (κ3) is 2.45. The van der Waals surface area contributed by atoms with E-state index in [9.17, 15) is 9.59 Å². The standard InChI is InChI=1S/C12H15NO3/c1-5-16-12(15)11-6-10(9(4)14)7(2)13-8(11)3/h6H,5H2,1-4H3. The van der Waals surface area contributed by atoms with Gasteiger partial charge in [-0.2, -0.15) is 0 Å². The molecule has 0 aromatic carbocycles. The second-order valence-electron chi connectivity index (χ2n) is 3.53. The summed E-state index contributed by atoms with van der Waals surface area (Å²) in [5.74, 6) is -0.537. The lowest BCUT2D eigenvalue weighted by Crippen LogP contribution is -2.11. The first-order chi connectivity index (χ1) is 7.47. The van der Waals surface area contributed by atoms with Crippen molar-refractivity contribution in [3.8, 4) is 0 Å². The van der Waals surface area contributed by atoms with E-state index in [4.69, 9.17) is 4.74 Å². The van der Waals surface area contributed by atoms with Crippen LogP contribution in [0.4, 0.5) is 0 Å². The van der Waals surface area contributed by atoms with E-state index in [2.05, 4.69) is 4.98 Å². The molecule has 1 rings (SSSR count). The molecule has 0 saturated carbocycles. The number of ether oxygens (including phenoxy) is 1. The average Bonchev–Trinajstić information content (AvgIpc) is 2.17. The van der Waals surface area contributed by atoms with Crippen LogP contribution in [-0.4, -0.2) is 23.3 Å². The van der Waals surface area contributed by atoms with Gasteiger partial charge in [-0.3, -0.25) is 9.78 Å². The fourth-order valence-electron chi connectivity index (χ4n) is 1.50. The summed E-state index contributed by atoms with van der Waals surface area (Å²) in [6.07, 6.45) is 0. The monoisotopic (exact) mass is 221 g/mol. The Morgan fingerprint density at radius 1 is 1.25 bits per heavy atom. The number of hydrogen-bond acceptors (Lipinski definition) is 4. The number of rotatable bonds is 3. The summed E-state index contributed by atoms with van der Waals surface area (Å²) in [6.45, 7) is 6.97. The molecule has 1 aromatic heterocycles. The first-order valence-corrected chi connectivity index (χ1v) is 5.13. The second kappa shape index (κ2) is 4.88. The number of hydrogen-bond donors (Lipinski definition) is 0. The topological polar surface area (TPSA) is 56.3 Å². The maximum absolute atomic E-state index is 11.6. The second-order valence-corrected chi connectivity index (χ2v) is 3.53. The summed E-state index contributed by atoms with van der Waals surface area (Å²) in [5.41, 5.74) is 2.05. The van der Waals surface area contributed by atoms with E-state index in [-0.39, 0.29) is 5.78 Å². The Kier molecular flexibility index (Phi) is 3.77. The lowest BCUT2D eigenvalue weighted by molar-refractivity contribution is 0.0525. The number of aromatic nitrogens is 1. The third-order valence-electron chi connectivity index (χ3n) is 2.28. The Morgan fingerprint density at radius 2 is 1.81 bits per heavy atom. The van der Waals surface area contributed by atoms with Crippen LogP contribution in [0.1, 0.15) is 46.0 Å². The van der Waals surface area contributed by atoms with Crippen LogP contribution in [0.3, 0.4) is 0 Å². The Hall–Kier alpha value is -1.71. The molecule has 0 fully saturated rings. The van der Waals surface area contributed by atoms with Crippen LogP contribution in [0.25, 0.3) is 0 Å². The van der Waals surface area contributed by atoms with E-state index < -0.39 is 5.97 Å². The summed E-state index contributed by atoms with van der Waals surface area (Å²) in [7, 11) is 0. The molecular weight excluding hydrogens is 206 g/mol. The van der Waals surface area contributed by atoms with E-state index in [1.54, 1.807) is 26.8 Å². The molecule has 1 aromatic rings. The van der Waals surface area contributed by atoms with Gasteiger partial charge in [-0.15, -0.1) is 0 Å². The molecule has 16 heavy (non-hydrogen) atoms. The maximum Gasteiger partial charge on any atom is 0.339 e. The predicted octanol–water partition coefficient (Wildman–Crippen LogP) is 2.08. The molecule has 0 aliphatic rings. The van der Waals surface area contributed by atoms with Gasteiger partial charge in [-0.05, 0) is 33.8 Å². The molecule has 0 radical (unpaired) electrons. The van der Waals surface area contributed by atoms with Gasteiger partial charge < -0.3 is 4.74 Å². The van der Waals surface area contributed by atoms with Crippen molar-refractivity contribution in [2.24, 2.45) is 0 Å². The third-order valence-corrected chi connectivity index (χ3v) is 2.28. The van der Waals surface area contributed by atoms with Crippen molar-refractivity contribution in [3.63, 3.8) is 0 Å². The van der Waals surface area contributed by atoms with Crippen molar-refractivity contribution < 1.29 is 14.3 Å². The zero-order valence-corrected chi connectivity index (χ0v) is 9.96. The summed E-state index contributed by atoms with van der Waals surface area (Å²) < 4.78 is 4.89. The quantitative estimate of drug-likeness (QED) is 0.579. The van der Waals surface area contributed by atoms with Gasteiger partial charge in [-0.1, -0.05) is 0 Å². The van der Waals surface area contributed by atoms with Crippen molar-refractivity contribution in [3.05, 3.63) is 28.6 Å². The summed E-state index contributed by atoms with van der Waals surface area (Å²) in [4.78, 5) is 27.1. The van der Waals surface area contributed by atoms with Crippen molar-refractivity contribution in [1.82, 2.24) is 4.98 Å². The highest BCUT2D eigenvalue weighted by atomic mass is 16.5. The molecule has 0 saturated heterocycles. The Balaban J connectivity index is 3.24. The lowest BCUT2D eigenvalue weighted by atomic mass is 10.1. The van der Waals surface area contributed by atoms with Crippen molar-refractivity contribution in [2.75, 3.05) is 6.61 Å². The van der Waals surface area contributed by atoms with Crippen LogP contribution in [0, 0.1) is 13.8 Å². The molecule has 4 heteroatoms. The lowest BCUT2D eigenvalue weighted by Gasteiger charge is -2.08. The maximum atomic E-state index is 11.6. The number of ketones is 1. The smallest absolute Gasteiger partial charge is 0.339 e. The molecule has 4 nitrogen and oxygen atoms in total. The van der Waals surface area contributed by atoms with E-state index in [1.165, 1.54) is 6.92 Å². The molecule has 0 amide bonds. The van der Waals surface area contributed by atoms with Gasteiger partial charge in [0, 0.05) is 11.3 Å². The van der Waals surface area contributed by atoms with E-state index in [0.717, 1.165) is 0 Å². The van der Waals surface area contributed by atoms with Crippen LogP contribution < -0.4 is 0 Å². The number of esters is 1. The van der Waals surface area contributed by atoms with Crippen LogP contribution in [0.2, 0.25) is 0 Å². The van der Waals surface area contributed by atoms with Crippen LogP contribution in [0.15, 0.2) is 6.07 Å². The van der Waals surface area contributed by atoms with Crippen LogP contribution >= 0.6 is 0 Å². The molecule has 0 aliphatic heterocycles. The Bertz CT molecular complexity index is 438. The van der Waals surface area contributed by atoms with E-state index in [1.807, 2.05) is 0 Å². The molecule has 0 unspecified atom stereocenters. The van der Waals surface area contributed by atoms with Crippen molar-refractivity contribution in [2.45, 2.75) is 27.7 Å². The molecule has 0 spiro atoms. The molecule has 86 valence electrons. The van der Waals surface area contributed by atoms with Crippen molar-refractivity contribution >= 4 is 11.8 Å².